The number of carbonyl (C=O) groups is 2. The van der Waals surface area contributed by atoms with Gasteiger partial charge in [-0.25, -0.2) is 8.42 Å². The molecular formula is C27H28ClN3O5S. The van der Waals surface area contributed by atoms with Gasteiger partial charge in [0, 0.05) is 18.7 Å². The summed E-state index contributed by atoms with van der Waals surface area (Å²) in [6.45, 7) is 4.76. The number of hydrogen-bond acceptors (Lipinski definition) is 5. The van der Waals surface area contributed by atoms with Crippen molar-refractivity contribution >= 4 is 44.8 Å². The maximum absolute atomic E-state index is 13.2. The van der Waals surface area contributed by atoms with Crippen molar-refractivity contribution in [1.82, 2.24) is 5.32 Å². The third-order valence-corrected chi connectivity index (χ3v) is 8.11. The zero-order valence-corrected chi connectivity index (χ0v) is 22.1. The third kappa shape index (κ3) is 6.30. The fourth-order valence-corrected chi connectivity index (χ4v) is 5.65. The minimum absolute atomic E-state index is 0.0164. The lowest BCUT2D eigenvalue weighted by atomic mass is 10.1. The monoisotopic (exact) mass is 541 g/mol. The molecule has 37 heavy (non-hydrogen) atoms. The van der Waals surface area contributed by atoms with Crippen LogP contribution in [0.1, 0.15) is 44.7 Å². The van der Waals surface area contributed by atoms with Gasteiger partial charge in [0.1, 0.15) is 4.90 Å². The molecule has 1 aliphatic heterocycles. The molecule has 3 aromatic rings. The number of carbonyl (C=O) groups excluding carboxylic acids is 2. The fourth-order valence-electron chi connectivity index (χ4n) is 4.00. The number of benzene rings is 3. The van der Waals surface area contributed by atoms with Crippen molar-refractivity contribution in [3.63, 3.8) is 0 Å². The summed E-state index contributed by atoms with van der Waals surface area (Å²) in [4.78, 5) is 25.6. The Balaban J connectivity index is 1.53. The van der Waals surface area contributed by atoms with Gasteiger partial charge in [-0.3, -0.25) is 14.3 Å². The Kier molecular flexibility index (Phi) is 8.16. The van der Waals surface area contributed by atoms with E-state index in [1.54, 1.807) is 36.4 Å². The minimum atomic E-state index is -4.09. The van der Waals surface area contributed by atoms with Gasteiger partial charge >= 0.3 is 0 Å². The number of para-hydroxylation sites is 1. The van der Waals surface area contributed by atoms with E-state index in [9.17, 15) is 18.0 Å². The molecule has 1 atom stereocenters. The molecule has 1 fully saturated rings. The molecule has 1 heterocycles. The van der Waals surface area contributed by atoms with Gasteiger partial charge in [-0.05, 0) is 74.2 Å². The number of sulfonamides is 1. The normalized spacial score (nSPS) is 15.3. The van der Waals surface area contributed by atoms with Crippen molar-refractivity contribution in [2.45, 2.75) is 37.7 Å². The summed E-state index contributed by atoms with van der Waals surface area (Å²) in [7, 11) is -4.09. The number of nitrogens with one attached hydrogen (secondary N) is 3. The zero-order valence-electron chi connectivity index (χ0n) is 20.5. The predicted molar refractivity (Wildman–Crippen MR) is 144 cm³/mol. The molecule has 8 nitrogen and oxygen atoms in total. The number of halogens is 1. The predicted octanol–water partition coefficient (Wildman–Crippen LogP) is 4.92. The summed E-state index contributed by atoms with van der Waals surface area (Å²) < 4.78 is 34.4. The molecule has 3 aromatic carbocycles. The topological polar surface area (TPSA) is 114 Å². The third-order valence-electron chi connectivity index (χ3n) is 6.27. The molecule has 0 aromatic heterocycles. The summed E-state index contributed by atoms with van der Waals surface area (Å²) in [5.41, 5.74) is 2.79. The molecule has 0 radical (unpaired) electrons. The first-order valence-corrected chi connectivity index (χ1v) is 13.7. The lowest BCUT2D eigenvalue weighted by molar-refractivity contribution is 0.0858. The quantitative estimate of drug-likeness (QED) is 0.374. The first-order chi connectivity index (χ1) is 17.7. The van der Waals surface area contributed by atoms with E-state index in [1.807, 2.05) is 19.9 Å². The van der Waals surface area contributed by atoms with Crippen LogP contribution in [0.4, 0.5) is 11.4 Å². The van der Waals surface area contributed by atoms with E-state index in [1.165, 1.54) is 18.2 Å². The Labute approximate surface area is 221 Å². The van der Waals surface area contributed by atoms with Crippen LogP contribution >= 0.6 is 11.6 Å². The average Bonchev–Trinajstić information content (AvgIpc) is 3.39. The molecule has 1 saturated heterocycles. The smallest absolute Gasteiger partial charge is 0.263 e. The molecule has 1 aliphatic rings. The molecule has 0 saturated carbocycles. The summed E-state index contributed by atoms with van der Waals surface area (Å²) in [5, 5.41) is 5.53. The number of amides is 2. The Hall–Kier alpha value is -3.40. The molecule has 0 aliphatic carbocycles. The number of anilines is 2. The Morgan fingerprint density at radius 1 is 1.00 bits per heavy atom. The maximum atomic E-state index is 13.2. The standard InChI is InChI=1S/C27H28ClN3O5S/c1-17-7-5-11-23(18(17)2)31-37(34,35)25-15-19(12-13-22(25)28)26(32)30-24-10-4-3-9-21(24)27(33)29-16-20-8-6-14-36-20/h3-5,7,9-13,15,20,31H,6,8,14,16H2,1-2H3,(H,29,33)(H,30,32)/t20-/m1/s1. The zero-order chi connectivity index (χ0) is 26.6. The highest BCUT2D eigenvalue weighted by Gasteiger charge is 2.23. The maximum Gasteiger partial charge on any atom is 0.263 e. The van der Waals surface area contributed by atoms with E-state index in [0.29, 0.717) is 24.5 Å². The first kappa shape index (κ1) is 26.7. The van der Waals surface area contributed by atoms with Crippen molar-refractivity contribution in [1.29, 1.82) is 0 Å². The summed E-state index contributed by atoms with van der Waals surface area (Å²) in [6, 6.07) is 15.9. The summed E-state index contributed by atoms with van der Waals surface area (Å²) in [6.07, 6.45) is 1.84. The van der Waals surface area contributed by atoms with Gasteiger partial charge in [0.25, 0.3) is 21.8 Å². The molecule has 4 rings (SSSR count). The average molecular weight is 542 g/mol. The molecule has 10 heteroatoms. The number of hydrogen-bond donors (Lipinski definition) is 3. The van der Waals surface area contributed by atoms with Gasteiger partial charge in [0.2, 0.25) is 0 Å². The highest BCUT2D eigenvalue weighted by atomic mass is 35.5. The highest BCUT2D eigenvalue weighted by molar-refractivity contribution is 7.92. The lowest BCUT2D eigenvalue weighted by Gasteiger charge is -2.15. The van der Waals surface area contributed by atoms with E-state index < -0.39 is 15.9 Å². The van der Waals surface area contributed by atoms with Crippen molar-refractivity contribution in [3.05, 3.63) is 87.9 Å². The number of rotatable bonds is 8. The number of ether oxygens (including phenoxy) is 1. The van der Waals surface area contributed by atoms with Crippen LogP contribution in [0.5, 0.6) is 0 Å². The van der Waals surface area contributed by atoms with Crippen molar-refractivity contribution in [2.75, 3.05) is 23.2 Å². The van der Waals surface area contributed by atoms with Crippen LogP contribution in [0.25, 0.3) is 0 Å². The number of aryl methyl sites for hydroxylation is 1. The molecule has 0 spiro atoms. The van der Waals surface area contributed by atoms with Gasteiger partial charge in [0.15, 0.2) is 0 Å². The van der Waals surface area contributed by atoms with Crippen LogP contribution in [0, 0.1) is 13.8 Å². The van der Waals surface area contributed by atoms with Crippen LogP contribution in [-0.2, 0) is 14.8 Å². The van der Waals surface area contributed by atoms with Gasteiger partial charge in [-0.15, -0.1) is 0 Å². The van der Waals surface area contributed by atoms with Gasteiger partial charge < -0.3 is 15.4 Å². The lowest BCUT2D eigenvalue weighted by Crippen LogP contribution is -2.32. The summed E-state index contributed by atoms with van der Waals surface area (Å²) >= 11 is 6.22. The Bertz CT molecular complexity index is 1440. The van der Waals surface area contributed by atoms with Crippen LogP contribution in [0.2, 0.25) is 5.02 Å². The van der Waals surface area contributed by atoms with Gasteiger partial charge in [-0.2, -0.15) is 0 Å². The van der Waals surface area contributed by atoms with Crippen LogP contribution in [0.3, 0.4) is 0 Å². The van der Waals surface area contributed by atoms with Gasteiger partial charge in [-0.1, -0.05) is 35.9 Å². The van der Waals surface area contributed by atoms with Crippen LogP contribution in [-0.4, -0.2) is 39.5 Å². The Morgan fingerprint density at radius 2 is 1.76 bits per heavy atom. The van der Waals surface area contributed by atoms with E-state index in [2.05, 4.69) is 15.4 Å². The van der Waals surface area contributed by atoms with E-state index in [4.69, 9.17) is 16.3 Å². The Morgan fingerprint density at radius 3 is 2.51 bits per heavy atom. The first-order valence-electron chi connectivity index (χ1n) is 11.8. The second kappa shape index (κ2) is 11.3. The van der Waals surface area contributed by atoms with E-state index in [-0.39, 0.29) is 33.1 Å². The van der Waals surface area contributed by atoms with E-state index >= 15 is 0 Å². The fraction of sp³-hybridized carbons (Fsp3) is 0.259. The van der Waals surface area contributed by atoms with Gasteiger partial charge in [0.05, 0.1) is 28.1 Å². The molecule has 194 valence electrons. The molecule has 3 N–H and O–H groups in total. The second-order valence-electron chi connectivity index (χ2n) is 8.84. The van der Waals surface area contributed by atoms with E-state index in [0.717, 1.165) is 24.0 Å². The largest absolute Gasteiger partial charge is 0.376 e. The molecule has 0 bridgehead atoms. The summed E-state index contributed by atoms with van der Waals surface area (Å²) in [5.74, 6) is -0.928. The van der Waals surface area contributed by atoms with Crippen LogP contribution in [0.15, 0.2) is 65.6 Å². The SMILES string of the molecule is Cc1cccc(NS(=O)(=O)c2cc(C(=O)Nc3ccccc3C(=O)NC[C@H]3CCCO3)ccc2Cl)c1C. The van der Waals surface area contributed by atoms with Crippen molar-refractivity contribution in [2.24, 2.45) is 0 Å². The van der Waals surface area contributed by atoms with Crippen molar-refractivity contribution < 1.29 is 22.7 Å². The van der Waals surface area contributed by atoms with Crippen molar-refractivity contribution in [3.8, 4) is 0 Å². The molecular weight excluding hydrogens is 514 g/mol. The highest BCUT2D eigenvalue weighted by Crippen LogP contribution is 2.28. The minimum Gasteiger partial charge on any atom is -0.376 e. The van der Waals surface area contributed by atoms with Crippen LogP contribution < -0.4 is 15.4 Å². The second-order valence-corrected chi connectivity index (χ2v) is 10.9. The molecule has 2 amide bonds. The molecule has 0 unspecified atom stereocenters.